The van der Waals surface area contributed by atoms with E-state index in [9.17, 15) is 8.42 Å². The van der Waals surface area contributed by atoms with E-state index in [1.54, 1.807) is 12.1 Å². The second-order valence-corrected chi connectivity index (χ2v) is 7.27. The van der Waals surface area contributed by atoms with Crippen LogP contribution >= 0.6 is 0 Å². The molecular weight excluding hydrogens is 284 g/mol. The molecule has 0 amide bonds. The van der Waals surface area contributed by atoms with Crippen molar-refractivity contribution in [2.24, 2.45) is 0 Å². The van der Waals surface area contributed by atoms with Gasteiger partial charge in [0.15, 0.2) is 0 Å². The minimum Gasteiger partial charge on any atom is -0.385 e. The lowest BCUT2D eigenvalue weighted by atomic mass is 10.1. The molecule has 0 fully saturated rings. The van der Waals surface area contributed by atoms with Crippen LogP contribution in [0.4, 0.5) is 5.69 Å². The number of unbranched alkanes of at least 4 members (excludes halogenated alkanes) is 5. The number of anilines is 1. The highest BCUT2D eigenvalue weighted by molar-refractivity contribution is 7.89. The van der Waals surface area contributed by atoms with Crippen LogP contribution in [-0.2, 0) is 10.0 Å². The Labute approximate surface area is 129 Å². The molecule has 0 unspecified atom stereocenters. The SMILES string of the molecule is CCCCCCCCNc1cc(S(=O)(=O)NC)ccc1C. The third kappa shape index (κ3) is 6.06. The third-order valence-corrected chi connectivity index (χ3v) is 5.05. The Bertz CT molecular complexity index is 527. The van der Waals surface area contributed by atoms with Gasteiger partial charge in [-0.25, -0.2) is 13.1 Å². The standard InChI is InChI=1S/C16H28N2O2S/c1-4-5-6-7-8-9-12-18-16-13-15(11-10-14(16)2)21(19,20)17-3/h10-11,13,17-18H,4-9,12H2,1-3H3. The average Bonchev–Trinajstić information content (AvgIpc) is 2.47. The second-order valence-electron chi connectivity index (χ2n) is 5.38. The fourth-order valence-corrected chi connectivity index (χ4v) is 2.96. The van der Waals surface area contributed by atoms with Crippen molar-refractivity contribution in [2.75, 3.05) is 18.9 Å². The average molecular weight is 312 g/mol. The van der Waals surface area contributed by atoms with E-state index in [1.165, 1.54) is 39.2 Å². The summed E-state index contributed by atoms with van der Waals surface area (Å²) in [5.41, 5.74) is 1.97. The predicted molar refractivity (Wildman–Crippen MR) is 89.3 cm³/mol. The molecule has 1 rings (SSSR count). The first-order valence-electron chi connectivity index (χ1n) is 7.79. The summed E-state index contributed by atoms with van der Waals surface area (Å²) < 4.78 is 25.9. The summed E-state index contributed by atoms with van der Waals surface area (Å²) in [5.74, 6) is 0. The van der Waals surface area contributed by atoms with E-state index in [-0.39, 0.29) is 0 Å². The number of nitrogens with one attached hydrogen (secondary N) is 2. The molecule has 0 radical (unpaired) electrons. The molecule has 5 heteroatoms. The van der Waals surface area contributed by atoms with E-state index in [1.807, 2.05) is 13.0 Å². The number of sulfonamides is 1. The molecule has 4 nitrogen and oxygen atoms in total. The largest absolute Gasteiger partial charge is 0.385 e. The van der Waals surface area contributed by atoms with Crippen LogP contribution in [0.25, 0.3) is 0 Å². The lowest BCUT2D eigenvalue weighted by molar-refractivity contribution is 0.588. The molecule has 120 valence electrons. The van der Waals surface area contributed by atoms with E-state index in [0.717, 1.165) is 24.2 Å². The molecule has 0 saturated carbocycles. The molecular formula is C16H28N2O2S. The molecule has 0 saturated heterocycles. The summed E-state index contributed by atoms with van der Waals surface area (Å²) >= 11 is 0. The van der Waals surface area contributed by atoms with E-state index >= 15 is 0 Å². The Hall–Kier alpha value is -1.07. The maximum Gasteiger partial charge on any atom is 0.240 e. The van der Waals surface area contributed by atoms with Crippen molar-refractivity contribution in [3.8, 4) is 0 Å². The fourth-order valence-electron chi connectivity index (χ4n) is 2.20. The summed E-state index contributed by atoms with van der Waals surface area (Å²) in [6.07, 6.45) is 7.52. The van der Waals surface area contributed by atoms with E-state index in [2.05, 4.69) is 17.0 Å². The van der Waals surface area contributed by atoms with Crippen molar-refractivity contribution in [2.45, 2.75) is 57.3 Å². The highest BCUT2D eigenvalue weighted by atomic mass is 32.2. The minimum absolute atomic E-state index is 0.307. The van der Waals surface area contributed by atoms with Crippen LogP contribution in [0.5, 0.6) is 0 Å². The van der Waals surface area contributed by atoms with Gasteiger partial charge in [0.25, 0.3) is 0 Å². The van der Waals surface area contributed by atoms with E-state index < -0.39 is 10.0 Å². The fraction of sp³-hybridized carbons (Fsp3) is 0.625. The Kier molecular flexibility index (Phi) is 7.75. The summed E-state index contributed by atoms with van der Waals surface area (Å²) in [7, 11) is -1.94. The lowest BCUT2D eigenvalue weighted by Gasteiger charge is -2.11. The molecule has 21 heavy (non-hydrogen) atoms. The maximum absolute atomic E-state index is 11.8. The predicted octanol–water partition coefficient (Wildman–Crippen LogP) is 3.68. The molecule has 0 aromatic heterocycles. The van der Waals surface area contributed by atoms with Crippen molar-refractivity contribution >= 4 is 15.7 Å². The Morgan fingerprint density at radius 1 is 1.05 bits per heavy atom. The van der Waals surface area contributed by atoms with Gasteiger partial charge in [-0.3, -0.25) is 0 Å². The highest BCUT2D eigenvalue weighted by Crippen LogP contribution is 2.20. The zero-order valence-corrected chi connectivity index (χ0v) is 14.2. The first-order chi connectivity index (χ1) is 10.0. The number of rotatable bonds is 10. The van der Waals surface area contributed by atoms with Gasteiger partial charge in [-0.2, -0.15) is 0 Å². The quantitative estimate of drug-likeness (QED) is 0.648. The zero-order valence-electron chi connectivity index (χ0n) is 13.4. The molecule has 0 aliphatic carbocycles. The smallest absolute Gasteiger partial charge is 0.240 e. The topological polar surface area (TPSA) is 58.2 Å². The third-order valence-electron chi connectivity index (χ3n) is 3.63. The maximum atomic E-state index is 11.8. The molecule has 0 atom stereocenters. The van der Waals surface area contributed by atoms with Crippen LogP contribution < -0.4 is 10.0 Å². The van der Waals surface area contributed by atoms with Crippen molar-refractivity contribution in [1.29, 1.82) is 0 Å². The van der Waals surface area contributed by atoms with Crippen molar-refractivity contribution in [3.05, 3.63) is 23.8 Å². The zero-order chi connectivity index (χ0) is 15.7. The number of benzene rings is 1. The Morgan fingerprint density at radius 2 is 1.71 bits per heavy atom. The molecule has 0 heterocycles. The molecule has 0 aliphatic rings. The monoisotopic (exact) mass is 312 g/mol. The molecule has 0 bridgehead atoms. The van der Waals surface area contributed by atoms with E-state index in [0.29, 0.717) is 4.90 Å². The van der Waals surface area contributed by atoms with Gasteiger partial charge in [0, 0.05) is 12.2 Å². The summed E-state index contributed by atoms with van der Waals surface area (Å²) in [5, 5.41) is 3.35. The van der Waals surface area contributed by atoms with Crippen molar-refractivity contribution < 1.29 is 8.42 Å². The van der Waals surface area contributed by atoms with Gasteiger partial charge in [-0.05, 0) is 38.1 Å². The van der Waals surface area contributed by atoms with Crippen LogP contribution in [0, 0.1) is 6.92 Å². The van der Waals surface area contributed by atoms with Gasteiger partial charge in [0.2, 0.25) is 10.0 Å². The molecule has 2 N–H and O–H groups in total. The number of aryl methyl sites for hydroxylation is 1. The van der Waals surface area contributed by atoms with Crippen molar-refractivity contribution in [1.82, 2.24) is 4.72 Å². The van der Waals surface area contributed by atoms with Gasteiger partial charge in [0.05, 0.1) is 4.90 Å². The van der Waals surface area contributed by atoms with Gasteiger partial charge in [-0.1, -0.05) is 45.1 Å². The molecule has 1 aromatic rings. The van der Waals surface area contributed by atoms with Gasteiger partial charge >= 0.3 is 0 Å². The normalized spacial score (nSPS) is 11.6. The van der Waals surface area contributed by atoms with Gasteiger partial charge in [0.1, 0.15) is 0 Å². The molecule has 0 aliphatic heterocycles. The summed E-state index contributed by atoms with van der Waals surface area (Å²) in [4.78, 5) is 0.307. The number of hydrogen-bond donors (Lipinski definition) is 2. The first-order valence-corrected chi connectivity index (χ1v) is 9.27. The van der Waals surface area contributed by atoms with Gasteiger partial charge < -0.3 is 5.32 Å². The van der Waals surface area contributed by atoms with Crippen LogP contribution in [0.2, 0.25) is 0 Å². The van der Waals surface area contributed by atoms with Crippen molar-refractivity contribution in [3.63, 3.8) is 0 Å². The van der Waals surface area contributed by atoms with Crippen LogP contribution in [0.1, 0.15) is 51.0 Å². The first kappa shape index (κ1) is 18.0. The Morgan fingerprint density at radius 3 is 2.38 bits per heavy atom. The van der Waals surface area contributed by atoms with Crippen LogP contribution in [-0.4, -0.2) is 22.0 Å². The lowest BCUT2D eigenvalue weighted by Crippen LogP contribution is -2.18. The molecule has 0 spiro atoms. The van der Waals surface area contributed by atoms with E-state index in [4.69, 9.17) is 0 Å². The minimum atomic E-state index is -3.37. The van der Waals surface area contributed by atoms with Crippen LogP contribution in [0.3, 0.4) is 0 Å². The van der Waals surface area contributed by atoms with Crippen LogP contribution in [0.15, 0.2) is 23.1 Å². The van der Waals surface area contributed by atoms with Gasteiger partial charge in [-0.15, -0.1) is 0 Å². The summed E-state index contributed by atoms with van der Waals surface area (Å²) in [6.45, 7) is 5.09. The second kappa shape index (κ2) is 9.05. The Balaban J connectivity index is 2.50. The molecule has 1 aromatic carbocycles. The highest BCUT2D eigenvalue weighted by Gasteiger charge is 2.12. The summed E-state index contributed by atoms with van der Waals surface area (Å²) in [6, 6.07) is 5.18. The number of hydrogen-bond acceptors (Lipinski definition) is 3.